The Hall–Kier alpha value is -2.93. The largest absolute Gasteiger partial charge is 0.455 e. The number of thiophene rings is 1. The van der Waals surface area contributed by atoms with Crippen LogP contribution in [0.5, 0.6) is 0 Å². The average Bonchev–Trinajstić information content (AvgIpc) is 3.41. The number of nitrogens with zero attached hydrogens (tertiary/aromatic N) is 2. The summed E-state index contributed by atoms with van der Waals surface area (Å²) in [6.07, 6.45) is 2.96. The number of aromatic nitrogens is 1. The van der Waals surface area contributed by atoms with Gasteiger partial charge in [0.1, 0.15) is 5.76 Å². The fraction of sp³-hybridized carbons (Fsp3) is 0.348. The molecule has 0 saturated heterocycles. The molecule has 1 atom stereocenters. The minimum atomic E-state index is -0.491. The predicted octanol–water partition coefficient (Wildman–Crippen LogP) is 4.33. The number of rotatable bonds is 6. The molecule has 0 spiro atoms. The molecule has 1 unspecified atom stereocenters. The molecule has 0 aliphatic heterocycles. The average molecular weight is 425 g/mol. The van der Waals surface area contributed by atoms with E-state index in [0.29, 0.717) is 17.3 Å². The standard InChI is InChI=1S/C23H24N2O4S/c1-15-18(24-23(29-15)20-11-6-12-30-20)13-22(27)28-14-21(26)25(2)19-10-5-8-16-7-3-4-9-17(16)19/h3-4,6-7,9,11-12,19H,5,8,10,13-14H2,1-2H3. The number of carbonyl (C=O) groups excluding carboxylic acids is 2. The topological polar surface area (TPSA) is 72.6 Å². The molecule has 0 saturated carbocycles. The van der Waals surface area contributed by atoms with Crippen molar-refractivity contribution in [2.24, 2.45) is 0 Å². The van der Waals surface area contributed by atoms with Crippen molar-refractivity contribution in [2.45, 2.75) is 38.6 Å². The number of oxazole rings is 1. The van der Waals surface area contributed by atoms with Gasteiger partial charge in [-0.2, -0.15) is 0 Å². The molecule has 3 aromatic rings. The highest BCUT2D eigenvalue weighted by Crippen LogP contribution is 2.33. The van der Waals surface area contributed by atoms with Gasteiger partial charge in [0, 0.05) is 7.05 Å². The van der Waals surface area contributed by atoms with E-state index >= 15 is 0 Å². The number of esters is 1. The molecule has 4 rings (SSSR count). The van der Waals surface area contributed by atoms with E-state index in [0.717, 1.165) is 24.1 Å². The highest BCUT2D eigenvalue weighted by Gasteiger charge is 2.27. The molecule has 1 amide bonds. The first-order chi connectivity index (χ1) is 14.5. The zero-order chi connectivity index (χ0) is 21.1. The molecule has 0 N–H and O–H groups in total. The van der Waals surface area contributed by atoms with Crippen molar-refractivity contribution < 1.29 is 18.7 Å². The van der Waals surface area contributed by atoms with Crippen molar-refractivity contribution in [1.29, 1.82) is 0 Å². The lowest BCUT2D eigenvalue weighted by molar-refractivity contribution is -0.152. The minimum Gasteiger partial charge on any atom is -0.455 e. The lowest BCUT2D eigenvalue weighted by atomic mass is 9.87. The van der Waals surface area contributed by atoms with E-state index in [-0.39, 0.29) is 25.0 Å². The molecule has 0 bridgehead atoms. The molecule has 2 aromatic heterocycles. The molecule has 30 heavy (non-hydrogen) atoms. The van der Waals surface area contributed by atoms with Gasteiger partial charge in [-0.3, -0.25) is 9.59 Å². The van der Waals surface area contributed by atoms with Crippen molar-refractivity contribution in [3.8, 4) is 10.8 Å². The first-order valence-corrected chi connectivity index (χ1v) is 10.9. The number of fused-ring (bicyclic) bond motifs is 1. The van der Waals surface area contributed by atoms with E-state index in [1.165, 1.54) is 22.5 Å². The van der Waals surface area contributed by atoms with Crippen LogP contribution in [-0.4, -0.2) is 35.4 Å². The van der Waals surface area contributed by atoms with Gasteiger partial charge in [0.25, 0.3) is 5.91 Å². The van der Waals surface area contributed by atoms with E-state index in [4.69, 9.17) is 9.15 Å². The Bertz CT molecular complexity index is 1040. The normalized spacial score (nSPS) is 15.5. The van der Waals surface area contributed by atoms with Crippen LogP contribution in [0.2, 0.25) is 0 Å². The smallest absolute Gasteiger partial charge is 0.312 e. The molecular formula is C23H24N2O4S. The van der Waals surface area contributed by atoms with Gasteiger partial charge in [0.15, 0.2) is 6.61 Å². The highest BCUT2D eigenvalue weighted by atomic mass is 32.1. The van der Waals surface area contributed by atoms with Crippen LogP contribution in [0.25, 0.3) is 10.8 Å². The quantitative estimate of drug-likeness (QED) is 0.551. The third-order valence-electron chi connectivity index (χ3n) is 5.49. The van der Waals surface area contributed by atoms with Crippen LogP contribution < -0.4 is 0 Å². The highest BCUT2D eigenvalue weighted by molar-refractivity contribution is 7.13. The Labute approximate surface area is 179 Å². The van der Waals surface area contributed by atoms with Gasteiger partial charge in [0.2, 0.25) is 5.89 Å². The summed E-state index contributed by atoms with van der Waals surface area (Å²) in [5.74, 6) is 0.380. The maximum Gasteiger partial charge on any atom is 0.312 e. The molecule has 6 nitrogen and oxygen atoms in total. The van der Waals surface area contributed by atoms with Gasteiger partial charge in [0.05, 0.1) is 23.0 Å². The molecule has 1 aromatic carbocycles. The van der Waals surface area contributed by atoms with Gasteiger partial charge >= 0.3 is 5.97 Å². The summed E-state index contributed by atoms with van der Waals surface area (Å²) < 4.78 is 10.9. The zero-order valence-electron chi connectivity index (χ0n) is 17.1. The van der Waals surface area contributed by atoms with Crippen LogP contribution in [-0.2, 0) is 27.2 Å². The van der Waals surface area contributed by atoms with E-state index in [2.05, 4.69) is 17.1 Å². The molecule has 0 fully saturated rings. The SMILES string of the molecule is Cc1oc(-c2cccs2)nc1CC(=O)OCC(=O)N(C)C1CCCc2ccccc21. The van der Waals surface area contributed by atoms with Crippen LogP contribution in [0.3, 0.4) is 0 Å². The van der Waals surface area contributed by atoms with Crippen LogP contribution in [0.1, 0.15) is 41.5 Å². The van der Waals surface area contributed by atoms with Crippen LogP contribution in [0.15, 0.2) is 46.2 Å². The van der Waals surface area contributed by atoms with E-state index in [1.54, 1.807) is 18.9 Å². The molecule has 0 radical (unpaired) electrons. The van der Waals surface area contributed by atoms with Crippen LogP contribution in [0.4, 0.5) is 0 Å². The first-order valence-electron chi connectivity index (χ1n) is 10.0. The lowest BCUT2D eigenvalue weighted by Gasteiger charge is -2.33. The van der Waals surface area contributed by atoms with Gasteiger partial charge in [-0.1, -0.05) is 30.3 Å². The zero-order valence-corrected chi connectivity index (χ0v) is 17.9. The first kappa shape index (κ1) is 20.3. The number of ether oxygens (including phenoxy) is 1. The van der Waals surface area contributed by atoms with Gasteiger partial charge in [-0.05, 0) is 48.8 Å². The Morgan fingerprint density at radius 2 is 2.10 bits per heavy atom. The number of aryl methyl sites for hydroxylation is 2. The van der Waals surface area contributed by atoms with E-state index in [1.807, 2.05) is 29.6 Å². The Balaban J connectivity index is 1.34. The number of likely N-dealkylation sites (N-methyl/N-ethyl adjacent to an activating group) is 1. The second kappa shape index (κ2) is 8.83. The van der Waals surface area contributed by atoms with Crippen LogP contribution in [0, 0.1) is 6.92 Å². The summed E-state index contributed by atoms with van der Waals surface area (Å²) in [5, 5.41) is 1.94. The summed E-state index contributed by atoms with van der Waals surface area (Å²) >= 11 is 1.52. The Morgan fingerprint density at radius 1 is 1.27 bits per heavy atom. The Morgan fingerprint density at radius 3 is 2.90 bits per heavy atom. The molecule has 156 valence electrons. The summed E-state index contributed by atoms with van der Waals surface area (Å²) in [6, 6.07) is 12.1. The summed E-state index contributed by atoms with van der Waals surface area (Å²) in [5.41, 5.74) is 3.00. The molecule has 7 heteroatoms. The maximum atomic E-state index is 12.7. The third-order valence-corrected chi connectivity index (χ3v) is 6.35. The fourth-order valence-corrected chi connectivity index (χ4v) is 4.48. The number of benzene rings is 1. The fourth-order valence-electron chi connectivity index (χ4n) is 3.83. The van der Waals surface area contributed by atoms with Crippen molar-refractivity contribution in [3.05, 3.63) is 64.4 Å². The van der Waals surface area contributed by atoms with E-state index < -0.39 is 5.97 Å². The van der Waals surface area contributed by atoms with Crippen molar-refractivity contribution >= 4 is 23.2 Å². The van der Waals surface area contributed by atoms with Gasteiger partial charge in [-0.15, -0.1) is 11.3 Å². The van der Waals surface area contributed by atoms with Crippen molar-refractivity contribution in [1.82, 2.24) is 9.88 Å². The molecular weight excluding hydrogens is 400 g/mol. The minimum absolute atomic E-state index is 0.0206. The predicted molar refractivity (Wildman–Crippen MR) is 114 cm³/mol. The summed E-state index contributed by atoms with van der Waals surface area (Å²) in [4.78, 5) is 31.9. The molecule has 1 aliphatic rings. The van der Waals surface area contributed by atoms with Crippen LogP contribution >= 0.6 is 11.3 Å². The summed E-state index contributed by atoms with van der Waals surface area (Å²) in [7, 11) is 1.78. The number of hydrogen-bond donors (Lipinski definition) is 0. The van der Waals surface area contributed by atoms with Crippen molar-refractivity contribution in [3.63, 3.8) is 0 Å². The maximum absolute atomic E-state index is 12.7. The van der Waals surface area contributed by atoms with Gasteiger partial charge in [-0.25, -0.2) is 4.98 Å². The number of hydrogen-bond acceptors (Lipinski definition) is 6. The summed E-state index contributed by atoms with van der Waals surface area (Å²) in [6.45, 7) is 1.49. The lowest BCUT2D eigenvalue weighted by Crippen LogP contribution is -2.36. The molecule has 1 aliphatic carbocycles. The Kier molecular flexibility index (Phi) is 5.99. The third kappa shape index (κ3) is 4.31. The van der Waals surface area contributed by atoms with Crippen molar-refractivity contribution in [2.75, 3.05) is 13.7 Å². The van der Waals surface area contributed by atoms with E-state index in [9.17, 15) is 9.59 Å². The number of carbonyl (C=O) groups is 2. The second-order valence-corrected chi connectivity index (χ2v) is 8.40. The van der Waals surface area contributed by atoms with Gasteiger partial charge < -0.3 is 14.1 Å². The molecule has 2 heterocycles. The number of amides is 1. The second-order valence-electron chi connectivity index (χ2n) is 7.45. The monoisotopic (exact) mass is 424 g/mol.